The Morgan fingerprint density at radius 1 is 1.24 bits per heavy atom. The van der Waals surface area contributed by atoms with Gasteiger partial charge in [-0.05, 0) is 65.3 Å². The van der Waals surface area contributed by atoms with Crippen LogP contribution in [0, 0.1) is 6.92 Å². The van der Waals surface area contributed by atoms with E-state index in [1.54, 1.807) is 40.7 Å². The van der Waals surface area contributed by atoms with Crippen LogP contribution in [0.25, 0.3) is 10.4 Å². The number of hydrogen-bond donors (Lipinski definition) is 2. The molecule has 0 aliphatic heterocycles. The molecule has 2 rings (SSSR count). The van der Waals surface area contributed by atoms with E-state index < -0.39 is 21.7 Å². The SMILES string of the molecule is CCN(NS(=O)(=O)c1cc(-c2sc(NCC(C)=O)nc2C)ccc1OC)C(=O)OC(C)(C)C. The Morgan fingerprint density at radius 2 is 1.91 bits per heavy atom. The zero-order valence-corrected chi connectivity index (χ0v) is 21.4. The standard InChI is InChI=1S/C21H30N4O6S2/c1-8-25(20(27)31-21(4,5)6)24-33(28,29)17-11-15(9-10-16(17)30-7)18-14(3)23-19(32-18)22-12-13(2)26/h9-11,24H,8,12H2,1-7H3,(H,22,23). The average Bonchev–Trinajstić information content (AvgIpc) is 3.09. The molecule has 2 N–H and O–H groups in total. The Balaban J connectivity index is 2.41. The molecule has 0 bridgehead atoms. The number of aromatic nitrogens is 1. The molecular weight excluding hydrogens is 468 g/mol. The predicted molar refractivity (Wildman–Crippen MR) is 127 cm³/mol. The third-order valence-electron chi connectivity index (χ3n) is 4.16. The number of rotatable bonds is 9. The van der Waals surface area contributed by atoms with E-state index in [9.17, 15) is 18.0 Å². The van der Waals surface area contributed by atoms with Crippen molar-refractivity contribution < 1.29 is 27.5 Å². The van der Waals surface area contributed by atoms with Gasteiger partial charge in [-0.25, -0.2) is 23.2 Å². The Bertz CT molecular complexity index is 1120. The summed E-state index contributed by atoms with van der Waals surface area (Å²) in [5.74, 6) is 0.0855. The minimum absolute atomic E-state index is 0.0289. The first-order valence-corrected chi connectivity index (χ1v) is 12.5. The predicted octanol–water partition coefficient (Wildman–Crippen LogP) is 3.58. The zero-order valence-electron chi connectivity index (χ0n) is 19.8. The Kier molecular flexibility index (Phi) is 8.44. The van der Waals surface area contributed by atoms with Crippen molar-refractivity contribution in [2.75, 3.05) is 25.5 Å². The fraction of sp³-hybridized carbons (Fsp3) is 0.476. The van der Waals surface area contributed by atoms with Crippen molar-refractivity contribution in [1.82, 2.24) is 14.8 Å². The summed E-state index contributed by atoms with van der Waals surface area (Å²) in [6, 6.07) is 4.72. The summed E-state index contributed by atoms with van der Waals surface area (Å²) < 4.78 is 36.9. The van der Waals surface area contributed by atoms with Gasteiger partial charge in [-0.3, -0.25) is 4.79 Å². The van der Waals surface area contributed by atoms with Crippen LogP contribution in [-0.2, 0) is 19.6 Å². The molecule has 1 aromatic carbocycles. The van der Waals surface area contributed by atoms with Crippen molar-refractivity contribution in [2.45, 2.75) is 52.0 Å². The van der Waals surface area contributed by atoms with E-state index in [4.69, 9.17) is 9.47 Å². The lowest BCUT2D eigenvalue weighted by Crippen LogP contribution is -2.48. The van der Waals surface area contributed by atoms with Gasteiger partial charge < -0.3 is 14.8 Å². The number of aryl methyl sites for hydroxylation is 1. The lowest BCUT2D eigenvalue weighted by atomic mass is 10.1. The lowest BCUT2D eigenvalue weighted by Gasteiger charge is -2.26. The smallest absolute Gasteiger partial charge is 0.425 e. The molecule has 0 spiro atoms. The first kappa shape index (κ1) is 26.6. The summed E-state index contributed by atoms with van der Waals surface area (Å²) in [5, 5.41) is 4.39. The van der Waals surface area contributed by atoms with Gasteiger partial charge in [0.25, 0.3) is 10.0 Å². The number of benzene rings is 1. The number of ether oxygens (including phenoxy) is 2. The molecule has 1 amide bonds. The molecule has 0 aliphatic rings. The fourth-order valence-corrected chi connectivity index (χ4v) is 4.96. The van der Waals surface area contributed by atoms with Gasteiger partial charge in [0.15, 0.2) is 5.13 Å². The Hall–Kier alpha value is -2.70. The first-order valence-electron chi connectivity index (χ1n) is 10.2. The van der Waals surface area contributed by atoms with Crippen molar-refractivity contribution in [3.63, 3.8) is 0 Å². The number of carbonyl (C=O) groups is 2. The second kappa shape index (κ2) is 10.5. The van der Waals surface area contributed by atoms with Crippen LogP contribution in [-0.4, -0.2) is 56.1 Å². The number of Topliss-reactive ketones (excluding diaryl/α,β-unsaturated/α-hetero) is 1. The molecule has 0 saturated carbocycles. The molecule has 2 aromatic rings. The fourth-order valence-electron chi connectivity index (χ4n) is 2.71. The maximum Gasteiger partial charge on any atom is 0.425 e. The highest BCUT2D eigenvalue weighted by molar-refractivity contribution is 7.89. The molecule has 0 fully saturated rings. The van der Waals surface area contributed by atoms with E-state index in [0.29, 0.717) is 16.4 Å². The van der Waals surface area contributed by atoms with E-state index in [2.05, 4.69) is 15.1 Å². The van der Waals surface area contributed by atoms with Crippen molar-refractivity contribution in [3.8, 4) is 16.2 Å². The number of hydrogen-bond acceptors (Lipinski definition) is 9. The molecule has 0 saturated heterocycles. The monoisotopic (exact) mass is 498 g/mol. The summed E-state index contributed by atoms with van der Waals surface area (Å²) in [6.07, 6.45) is -0.816. The van der Waals surface area contributed by atoms with Gasteiger partial charge in [0, 0.05) is 6.54 Å². The number of sulfonamides is 1. The lowest BCUT2D eigenvalue weighted by molar-refractivity contribution is -0.115. The number of carbonyl (C=O) groups excluding carboxylic acids is 2. The van der Waals surface area contributed by atoms with Crippen LogP contribution in [0.4, 0.5) is 9.93 Å². The van der Waals surface area contributed by atoms with Crippen LogP contribution >= 0.6 is 11.3 Å². The van der Waals surface area contributed by atoms with Crippen molar-refractivity contribution >= 4 is 38.4 Å². The van der Waals surface area contributed by atoms with Crippen LogP contribution in [0.1, 0.15) is 40.3 Å². The zero-order chi connectivity index (χ0) is 25.0. The van der Waals surface area contributed by atoms with Crippen LogP contribution in [0.5, 0.6) is 5.75 Å². The number of amides is 1. The van der Waals surface area contributed by atoms with Gasteiger partial charge in [-0.1, -0.05) is 11.3 Å². The highest BCUT2D eigenvalue weighted by atomic mass is 32.2. The van der Waals surface area contributed by atoms with E-state index in [1.165, 1.54) is 37.5 Å². The van der Waals surface area contributed by atoms with Crippen LogP contribution in [0.2, 0.25) is 0 Å². The van der Waals surface area contributed by atoms with Gasteiger partial charge in [0.2, 0.25) is 0 Å². The van der Waals surface area contributed by atoms with E-state index in [1.807, 2.05) is 0 Å². The molecular formula is C21H30N4O6S2. The summed E-state index contributed by atoms with van der Waals surface area (Å²) >= 11 is 1.30. The minimum atomic E-state index is -4.20. The number of methoxy groups -OCH3 is 1. The molecule has 1 heterocycles. The second-order valence-corrected chi connectivity index (χ2v) is 10.8. The molecule has 0 atom stereocenters. The second-order valence-electron chi connectivity index (χ2n) is 8.17. The Labute approximate surface area is 198 Å². The number of hydrazine groups is 1. The molecule has 33 heavy (non-hydrogen) atoms. The molecule has 0 unspecified atom stereocenters. The first-order chi connectivity index (χ1) is 15.3. The number of ketones is 1. The van der Waals surface area contributed by atoms with Crippen molar-refractivity contribution in [3.05, 3.63) is 23.9 Å². The average molecular weight is 499 g/mol. The van der Waals surface area contributed by atoms with Gasteiger partial charge in [0.05, 0.1) is 24.2 Å². The maximum atomic E-state index is 13.2. The third-order valence-corrected chi connectivity index (χ3v) is 6.68. The summed E-state index contributed by atoms with van der Waals surface area (Å²) in [7, 11) is -2.84. The van der Waals surface area contributed by atoms with Gasteiger partial charge in [-0.15, -0.1) is 4.83 Å². The normalized spacial score (nSPS) is 11.7. The quantitative estimate of drug-likeness (QED) is 0.502. The third kappa shape index (κ3) is 7.14. The molecule has 0 radical (unpaired) electrons. The highest BCUT2D eigenvalue weighted by Crippen LogP contribution is 2.36. The van der Waals surface area contributed by atoms with Crippen LogP contribution in [0.3, 0.4) is 0 Å². The molecule has 182 valence electrons. The molecule has 10 nitrogen and oxygen atoms in total. The molecule has 12 heteroatoms. The number of nitrogens with one attached hydrogen (secondary N) is 2. The number of nitrogens with zero attached hydrogens (tertiary/aromatic N) is 2. The van der Waals surface area contributed by atoms with E-state index in [-0.39, 0.29) is 29.5 Å². The molecule has 1 aromatic heterocycles. The Morgan fingerprint density at radius 3 is 2.45 bits per heavy atom. The summed E-state index contributed by atoms with van der Waals surface area (Å²) in [5.41, 5.74) is 0.490. The number of thiazole rings is 1. The summed E-state index contributed by atoms with van der Waals surface area (Å²) in [6.45, 7) is 10.2. The van der Waals surface area contributed by atoms with E-state index in [0.717, 1.165) is 9.89 Å². The van der Waals surface area contributed by atoms with Gasteiger partial charge >= 0.3 is 6.09 Å². The minimum Gasteiger partial charge on any atom is -0.495 e. The topological polar surface area (TPSA) is 127 Å². The van der Waals surface area contributed by atoms with Gasteiger partial charge in [-0.2, -0.15) is 0 Å². The van der Waals surface area contributed by atoms with Gasteiger partial charge in [0.1, 0.15) is 22.0 Å². The molecule has 0 aliphatic carbocycles. The highest BCUT2D eigenvalue weighted by Gasteiger charge is 2.28. The van der Waals surface area contributed by atoms with E-state index >= 15 is 0 Å². The largest absolute Gasteiger partial charge is 0.495 e. The van der Waals surface area contributed by atoms with Crippen molar-refractivity contribution in [2.24, 2.45) is 0 Å². The van der Waals surface area contributed by atoms with Crippen molar-refractivity contribution in [1.29, 1.82) is 0 Å². The summed E-state index contributed by atoms with van der Waals surface area (Å²) in [4.78, 5) is 30.9. The van der Waals surface area contributed by atoms with Crippen LogP contribution in [0.15, 0.2) is 23.1 Å². The van der Waals surface area contributed by atoms with Crippen LogP contribution < -0.4 is 14.9 Å². The maximum absolute atomic E-state index is 13.2. The number of anilines is 1.